The zero-order chi connectivity index (χ0) is 13.6. The molecule has 2 N–H and O–H groups in total. The minimum Gasteiger partial charge on any atom is -0.347 e. The van der Waals surface area contributed by atoms with E-state index in [9.17, 15) is 4.79 Å². The summed E-state index contributed by atoms with van der Waals surface area (Å²) in [5.41, 5.74) is 1.15. The summed E-state index contributed by atoms with van der Waals surface area (Å²) in [7, 11) is 1.92. The number of halogens is 1. The molecule has 1 aromatic carbocycles. The van der Waals surface area contributed by atoms with E-state index in [0.717, 1.165) is 25.8 Å². The van der Waals surface area contributed by atoms with Gasteiger partial charge in [-0.05, 0) is 38.4 Å². The lowest BCUT2D eigenvalue weighted by atomic mass is 9.88. The van der Waals surface area contributed by atoms with Crippen LogP contribution in [0, 0.1) is 0 Å². The van der Waals surface area contributed by atoms with Gasteiger partial charge in [-0.1, -0.05) is 43.2 Å². The maximum atomic E-state index is 12.1. The molecule has 0 saturated heterocycles. The molecule has 112 valence electrons. The molecule has 3 nitrogen and oxygen atoms in total. The molecule has 0 aromatic heterocycles. The Hall–Kier alpha value is -1.06. The van der Waals surface area contributed by atoms with E-state index < -0.39 is 0 Å². The predicted octanol–water partition coefficient (Wildman–Crippen LogP) is 2.99. The third-order valence-corrected chi connectivity index (χ3v) is 3.99. The van der Waals surface area contributed by atoms with Crippen LogP contribution >= 0.6 is 12.4 Å². The van der Waals surface area contributed by atoms with Crippen LogP contribution in [0.3, 0.4) is 0 Å². The van der Waals surface area contributed by atoms with Gasteiger partial charge < -0.3 is 10.6 Å². The Morgan fingerprint density at radius 2 is 1.85 bits per heavy atom. The molecular formula is C16H25ClN2O. The van der Waals surface area contributed by atoms with Crippen molar-refractivity contribution in [2.75, 3.05) is 13.6 Å². The lowest BCUT2D eigenvalue weighted by Crippen LogP contribution is -2.43. The highest BCUT2D eigenvalue weighted by Gasteiger charge is 2.36. The van der Waals surface area contributed by atoms with Crippen LogP contribution in [0.1, 0.15) is 44.1 Å². The van der Waals surface area contributed by atoms with E-state index in [2.05, 4.69) is 34.9 Å². The number of rotatable bonds is 6. The summed E-state index contributed by atoms with van der Waals surface area (Å²) < 4.78 is 0. The van der Waals surface area contributed by atoms with E-state index in [0.29, 0.717) is 6.42 Å². The second-order valence-electron chi connectivity index (χ2n) is 5.41. The zero-order valence-corrected chi connectivity index (χ0v) is 13.0. The fourth-order valence-corrected chi connectivity index (χ4v) is 2.98. The quantitative estimate of drug-likeness (QED) is 0.792. The molecule has 1 aliphatic carbocycles. The van der Waals surface area contributed by atoms with Gasteiger partial charge in [0.1, 0.15) is 0 Å². The van der Waals surface area contributed by atoms with Gasteiger partial charge in [0, 0.05) is 6.42 Å². The Labute approximate surface area is 127 Å². The number of nitrogens with one attached hydrogen (secondary N) is 2. The summed E-state index contributed by atoms with van der Waals surface area (Å²) in [6.07, 6.45) is 6.03. The topological polar surface area (TPSA) is 41.1 Å². The summed E-state index contributed by atoms with van der Waals surface area (Å²) in [6.45, 7) is 0.895. The Balaban J connectivity index is 0.00000200. The first kappa shape index (κ1) is 17.0. The highest BCUT2D eigenvalue weighted by molar-refractivity contribution is 5.85. The summed E-state index contributed by atoms with van der Waals surface area (Å²) >= 11 is 0. The van der Waals surface area contributed by atoms with Gasteiger partial charge >= 0.3 is 0 Å². The van der Waals surface area contributed by atoms with Crippen LogP contribution in [0.5, 0.6) is 0 Å². The van der Waals surface area contributed by atoms with Crippen LogP contribution in [0.15, 0.2) is 30.3 Å². The fourth-order valence-electron chi connectivity index (χ4n) is 2.98. The van der Waals surface area contributed by atoms with Crippen molar-refractivity contribution in [2.24, 2.45) is 0 Å². The van der Waals surface area contributed by atoms with E-state index in [1.807, 2.05) is 13.1 Å². The van der Waals surface area contributed by atoms with Gasteiger partial charge in [-0.25, -0.2) is 0 Å². The zero-order valence-electron chi connectivity index (χ0n) is 12.2. The number of carbonyl (C=O) groups is 1. The molecule has 0 bridgehead atoms. The number of benzene rings is 1. The first-order valence-electron chi connectivity index (χ1n) is 7.28. The largest absolute Gasteiger partial charge is 0.347 e. The summed E-state index contributed by atoms with van der Waals surface area (Å²) in [5.74, 6) is 0.181. The van der Waals surface area contributed by atoms with Crippen molar-refractivity contribution >= 4 is 18.3 Å². The van der Waals surface area contributed by atoms with Gasteiger partial charge in [0.25, 0.3) is 0 Å². The molecule has 0 aliphatic heterocycles. The predicted molar refractivity (Wildman–Crippen MR) is 85.1 cm³/mol. The highest BCUT2D eigenvalue weighted by atomic mass is 35.5. The minimum atomic E-state index is -0.113. The second-order valence-corrected chi connectivity index (χ2v) is 5.41. The lowest BCUT2D eigenvalue weighted by Gasteiger charge is -2.31. The SMILES string of the molecule is CNCCCC(=O)NC1(c2ccccc2)CCCC1.Cl. The first-order chi connectivity index (χ1) is 9.27. The van der Waals surface area contributed by atoms with Crippen molar-refractivity contribution < 1.29 is 4.79 Å². The number of amides is 1. The summed E-state index contributed by atoms with van der Waals surface area (Å²) in [4.78, 5) is 12.1. The van der Waals surface area contributed by atoms with Crippen LogP contribution in [-0.4, -0.2) is 19.5 Å². The second kappa shape index (κ2) is 8.28. The van der Waals surface area contributed by atoms with Crippen molar-refractivity contribution in [3.8, 4) is 0 Å². The molecule has 0 spiro atoms. The van der Waals surface area contributed by atoms with E-state index in [4.69, 9.17) is 0 Å². The molecule has 1 aromatic rings. The maximum absolute atomic E-state index is 12.1. The third-order valence-electron chi connectivity index (χ3n) is 3.99. The number of hydrogen-bond acceptors (Lipinski definition) is 2. The summed E-state index contributed by atoms with van der Waals surface area (Å²) in [5, 5.41) is 6.38. The monoisotopic (exact) mass is 296 g/mol. The molecule has 1 saturated carbocycles. The average Bonchev–Trinajstić information content (AvgIpc) is 2.90. The first-order valence-corrected chi connectivity index (χ1v) is 7.28. The Morgan fingerprint density at radius 3 is 2.45 bits per heavy atom. The highest BCUT2D eigenvalue weighted by Crippen LogP contribution is 2.38. The molecule has 2 rings (SSSR count). The van der Waals surface area contributed by atoms with Crippen LogP contribution in [0.25, 0.3) is 0 Å². The van der Waals surface area contributed by atoms with E-state index >= 15 is 0 Å². The lowest BCUT2D eigenvalue weighted by molar-refractivity contribution is -0.123. The van der Waals surface area contributed by atoms with Gasteiger partial charge in [0.2, 0.25) is 5.91 Å². The van der Waals surface area contributed by atoms with Gasteiger partial charge in [-0.15, -0.1) is 12.4 Å². The van der Waals surface area contributed by atoms with E-state index in [-0.39, 0.29) is 23.9 Å². The molecule has 0 unspecified atom stereocenters. The third kappa shape index (κ3) is 4.22. The molecule has 4 heteroatoms. The molecule has 0 radical (unpaired) electrons. The molecule has 0 heterocycles. The molecular weight excluding hydrogens is 272 g/mol. The molecule has 0 atom stereocenters. The van der Waals surface area contributed by atoms with Gasteiger partial charge in [0.15, 0.2) is 0 Å². The Morgan fingerprint density at radius 1 is 1.20 bits per heavy atom. The van der Waals surface area contributed by atoms with Gasteiger partial charge in [0.05, 0.1) is 5.54 Å². The molecule has 1 amide bonds. The van der Waals surface area contributed by atoms with Gasteiger partial charge in [-0.3, -0.25) is 4.79 Å². The van der Waals surface area contributed by atoms with Gasteiger partial charge in [-0.2, -0.15) is 0 Å². The molecule has 1 fully saturated rings. The van der Waals surface area contributed by atoms with Crippen molar-refractivity contribution in [1.29, 1.82) is 0 Å². The standard InChI is InChI=1S/C16H24N2O.ClH/c1-17-13-7-10-15(19)18-16(11-5-6-12-16)14-8-3-2-4-9-14;/h2-4,8-9,17H,5-7,10-13H2,1H3,(H,18,19);1H. The number of hydrogen-bond donors (Lipinski definition) is 2. The minimum absolute atomic E-state index is 0. The van der Waals surface area contributed by atoms with Crippen molar-refractivity contribution in [3.05, 3.63) is 35.9 Å². The summed E-state index contributed by atoms with van der Waals surface area (Å²) in [6, 6.07) is 10.4. The Kier molecular flexibility index (Phi) is 7.03. The van der Waals surface area contributed by atoms with Crippen LogP contribution < -0.4 is 10.6 Å². The maximum Gasteiger partial charge on any atom is 0.220 e. The van der Waals surface area contributed by atoms with Crippen LogP contribution in [0.4, 0.5) is 0 Å². The van der Waals surface area contributed by atoms with E-state index in [1.54, 1.807) is 0 Å². The molecule has 1 aliphatic rings. The fraction of sp³-hybridized carbons (Fsp3) is 0.562. The van der Waals surface area contributed by atoms with Crippen LogP contribution in [-0.2, 0) is 10.3 Å². The average molecular weight is 297 g/mol. The molecule has 20 heavy (non-hydrogen) atoms. The van der Waals surface area contributed by atoms with Crippen molar-refractivity contribution in [2.45, 2.75) is 44.1 Å². The van der Waals surface area contributed by atoms with Crippen molar-refractivity contribution in [1.82, 2.24) is 10.6 Å². The smallest absolute Gasteiger partial charge is 0.220 e. The van der Waals surface area contributed by atoms with Crippen LogP contribution in [0.2, 0.25) is 0 Å². The van der Waals surface area contributed by atoms with E-state index in [1.165, 1.54) is 18.4 Å². The Bertz CT molecular complexity index is 402. The normalized spacial score (nSPS) is 16.4. The van der Waals surface area contributed by atoms with Crippen molar-refractivity contribution in [3.63, 3.8) is 0 Å². The number of carbonyl (C=O) groups excluding carboxylic acids is 1.